The largest absolute Gasteiger partial charge is 0.507 e. The number of rotatable bonds is 4. The van der Waals surface area contributed by atoms with Crippen LogP contribution in [0.1, 0.15) is 15.9 Å². The molecule has 2 aromatic rings. The second kappa shape index (κ2) is 6.42. The van der Waals surface area contributed by atoms with E-state index in [4.69, 9.17) is 0 Å². The first-order valence-corrected chi connectivity index (χ1v) is 6.16. The van der Waals surface area contributed by atoms with Gasteiger partial charge in [-0.2, -0.15) is 0 Å². The Bertz CT molecular complexity index is 711. The van der Waals surface area contributed by atoms with Gasteiger partial charge in [0.1, 0.15) is 11.4 Å². The molecular weight excluding hydrogens is 270 g/mol. The number of benzene rings is 2. The first-order valence-electron chi connectivity index (χ1n) is 6.16. The molecule has 0 aliphatic rings. The number of amides is 1. The molecule has 0 bridgehead atoms. The van der Waals surface area contributed by atoms with E-state index in [2.05, 4.69) is 15.5 Å². The van der Waals surface area contributed by atoms with E-state index in [1.54, 1.807) is 31.3 Å². The maximum Gasteiger partial charge on any atom is 0.251 e. The molecule has 0 atom stereocenters. The Kier molecular flexibility index (Phi) is 4.40. The topological polar surface area (TPSA) is 91.1 Å². The van der Waals surface area contributed by atoms with E-state index >= 15 is 0 Å². The van der Waals surface area contributed by atoms with E-state index in [-0.39, 0.29) is 17.3 Å². The molecule has 0 aliphatic heterocycles. The molecule has 0 unspecified atom stereocenters. The summed E-state index contributed by atoms with van der Waals surface area (Å²) in [5.41, 5.74) is 1.62. The molecule has 0 saturated heterocycles. The number of nitrogens with one attached hydrogen (secondary N) is 1. The third-order valence-corrected chi connectivity index (χ3v) is 2.80. The van der Waals surface area contributed by atoms with Gasteiger partial charge in [0.15, 0.2) is 0 Å². The van der Waals surface area contributed by atoms with Gasteiger partial charge in [0.2, 0.25) is 0 Å². The second-order valence-electron chi connectivity index (χ2n) is 4.22. The molecule has 0 fully saturated rings. The highest BCUT2D eigenvalue weighted by atomic mass is 16.3. The summed E-state index contributed by atoms with van der Waals surface area (Å²) in [6, 6.07) is 10.9. The van der Waals surface area contributed by atoms with Crippen LogP contribution in [0.2, 0.25) is 0 Å². The van der Waals surface area contributed by atoms with Crippen molar-refractivity contribution in [1.29, 1.82) is 0 Å². The number of phenolic OH excluding ortho intramolecular Hbond substituents is 1. The molecule has 0 aromatic heterocycles. The fourth-order valence-electron chi connectivity index (χ4n) is 1.72. The van der Waals surface area contributed by atoms with Crippen molar-refractivity contribution in [1.82, 2.24) is 5.32 Å². The van der Waals surface area contributed by atoms with Crippen molar-refractivity contribution in [2.24, 2.45) is 10.2 Å². The Morgan fingerprint density at radius 3 is 2.71 bits per heavy atom. The molecule has 21 heavy (non-hydrogen) atoms. The highest BCUT2D eigenvalue weighted by Gasteiger charge is 2.04. The number of hydrogen-bond acceptors (Lipinski definition) is 5. The fourth-order valence-corrected chi connectivity index (χ4v) is 1.72. The van der Waals surface area contributed by atoms with Crippen molar-refractivity contribution < 1.29 is 9.90 Å². The van der Waals surface area contributed by atoms with Crippen LogP contribution >= 0.6 is 0 Å². The molecule has 1 amide bonds. The Labute approximate surface area is 121 Å². The van der Waals surface area contributed by atoms with Crippen LogP contribution in [0.4, 0.5) is 11.4 Å². The maximum absolute atomic E-state index is 11.5. The van der Waals surface area contributed by atoms with E-state index in [1.165, 1.54) is 24.4 Å². The van der Waals surface area contributed by atoms with Crippen molar-refractivity contribution >= 4 is 23.5 Å². The van der Waals surface area contributed by atoms with Crippen LogP contribution in [-0.2, 0) is 0 Å². The summed E-state index contributed by atoms with van der Waals surface area (Å²) >= 11 is 0. The summed E-state index contributed by atoms with van der Waals surface area (Å²) in [6.45, 7) is 0. The molecule has 0 radical (unpaired) electrons. The number of carbonyl (C=O) groups excluding carboxylic acids is 1. The lowest BCUT2D eigenvalue weighted by molar-refractivity contribution is 0.0963. The minimum atomic E-state index is -0.206. The lowest BCUT2D eigenvalue weighted by Crippen LogP contribution is -2.17. The number of aromatic hydroxyl groups is 1. The fraction of sp³-hybridized carbons (Fsp3) is 0.0667. The highest BCUT2D eigenvalue weighted by Crippen LogP contribution is 2.22. The average Bonchev–Trinajstić information content (AvgIpc) is 2.53. The quantitative estimate of drug-likeness (QED) is 0.667. The van der Waals surface area contributed by atoms with Gasteiger partial charge in [-0.15, -0.1) is 4.91 Å². The van der Waals surface area contributed by atoms with Gasteiger partial charge in [0, 0.05) is 24.4 Å². The molecule has 6 heteroatoms. The van der Waals surface area contributed by atoms with Crippen molar-refractivity contribution in [3.05, 3.63) is 58.5 Å². The minimum Gasteiger partial charge on any atom is -0.507 e. The lowest BCUT2D eigenvalue weighted by Gasteiger charge is -2.01. The Hall–Kier alpha value is -3.02. The second-order valence-corrected chi connectivity index (χ2v) is 4.22. The van der Waals surface area contributed by atoms with Crippen molar-refractivity contribution in [3.63, 3.8) is 0 Å². The van der Waals surface area contributed by atoms with Gasteiger partial charge in [-0.05, 0) is 41.6 Å². The summed E-state index contributed by atoms with van der Waals surface area (Å²) in [5.74, 6) is -0.212. The molecule has 0 aliphatic carbocycles. The molecule has 0 heterocycles. The molecule has 2 aromatic carbocycles. The Morgan fingerprint density at radius 1 is 1.19 bits per heavy atom. The van der Waals surface area contributed by atoms with Crippen LogP contribution in [0.15, 0.2) is 52.6 Å². The van der Waals surface area contributed by atoms with Crippen LogP contribution in [0.3, 0.4) is 0 Å². The summed E-state index contributed by atoms with van der Waals surface area (Å²) in [6.07, 6.45) is 1.41. The predicted molar refractivity (Wildman–Crippen MR) is 80.6 cm³/mol. The van der Waals surface area contributed by atoms with E-state index in [0.29, 0.717) is 16.8 Å². The van der Waals surface area contributed by atoms with Crippen molar-refractivity contribution in [2.45, 2.75) is 0 Å². The van der Waals surface area contributed by atoms with Crippen LogP contribution in [0, 0.1) is 4.91 Å². The maximum atomic E-state index is 11.5. The normalized spacial score (nSPS) is 10.5. The predicted octanol–water partition coefficient (Wildman–Crippen LogP) is 2.90. The Balaban J connectivity index is 2.29. The lowest BCUT2D eigenvalue weighted by atomic mass is 10.2. The molecule has 106 valence electrons. The smallest absolute Gasteiger partial charge is 0.251 e. The number of hydrogen-bond donors (Lipinski definition) is 2. The number of nitrogens with zero attached hydrogens (tertiary/aromatic N) is 2. The molecule has 0 saturated carbocycles. The van der Waals surface area contributed by atoms with Crippen LogP contribution in [-0.4, -0.2) is 24.3 Å². The Morgan fingerprint density at radius 2 is 2.00 bits per heavy atom. The zero-order valence-electron chi connectivity index (χ0n) is 11.3. The summed E-state index contributed by atoms with van der Waals surface area (Å²) < 4.78 is 0. The zero-order valence-corrected chi connectivity index (χ0v) is 11.3. The minimum absolute atomic E-state index is 0.00592. The molecule has 2 rings (SSSR count). The molecule has 2 N–H and O–H groups in total. The summed E-state index contributed by atoms with van der Waals surface area (Å²) in [7, 11) is 1.55. The van der Waals surface area contributed by atoms with Gasteiger partial charge in [-0.25, -0.2) is 0 Å². The summed E-state index contributed by atoms with van der Waals surface area (Å²) in [5, 5.41) is 15.0. The van der Waals surface area contributed by atoms with E-state index in [0.717, 1.165) is 0 Å². The number of phenols is 1. The average molecular weight is 283 g/mol. The van der Waals surface area contributed by atoms with E-state index < -0.39 is 0 Å². The summed E-state index contributed by atoms with van der Waals surface area (Å²) in [4.78, 5) is 26.2. The van der Waals surface area contributed by atoms with E-state index in [9.17, 15) is 14.8 Å². The molecule has 6 nitrogen and oxygen atoms in total. The number of nitroso groups, excluding NO2 is 1. The van der Waals surface area contributed by atoms with Crippen molar-refractivity contribution in [2.75, 3.05) is 7.05 Å². The van der Waals surface area contributed by atoms with Gasteiger partial charge in [0.25, 0.3) is 5.91 Å². The van der Waals surface area contributed by atoms with Crippen molar-refractivity contribution in [3.8, 4) is 5.75 Å². The number of carbonyl (C=O) groups is 1. The SMILES string of the molecule is CNC(=O)c1cccc(N=Cc2cc(N=O)ccc2O)c1. The monoisotopic (exact) mass is 283 g/mol. The third kappa shape index (κ3) is 3.50. The zero-order chi connectivity index (χ0) is 15.2. The van der Waals surface area contributed by atoms with Gasteiger partial charge < -0.3 is 10.4 Å². The third-order valence-electron chi connectivity index (χ3n) is 2.80. The van der Waals surface area contributed by atoms with Gasteiger partial charge in [-0.3, -0.25) is 9.79 Å². The first-order chi connectivity index (χ1) is 10.1. The van der Waals surface area contributed by atoms with Crippen LogP contribution < -0.4 is 5.32 Å². The van der Waals surface area contributed by atoms with Gasteiger partial charge >= 0.3 is 0 Å². The molecule has 0 spiro atoms. The standard InChI is InChI=1S/C15H13N3O3/c1-16-15(20)10-3-2-4-12(7-10)17-9-11-8-13(18-21)5-6-14(11)19/h2-9,19H,1H3,(H,16,20). The first kappa shape index (κ1) is 14.4. The van der Waals surface area contributed by atoms with Gasteiger partial charge in [0.05, 0.1) is 5.69 Å². The van der Waals surface area contributed by atoms with Gasteiger partial charge in [-0.1, -0.05) is 6.07 Å². The van der Waals surface area contributed by atoms with Crippen LogP contribution in [0.25, 0.3) is 0 Å². The van der Waals surface area contributed by atoms with E-state index in [1.807, 2.05) is 0 Å². The molecular formula is C15H13N3O3. The van der Waals surface area contributed by atoms with Crippen LogP contribution in [0.5, 0.6) is 5.75 Å². The highest BCUT2D eigenvalue weighted by molar-refractivity contribution is 5.95. The number of aliphatic imine (C=N–C) groups is 1.